The van der Waals surface area contributed by atoms with Gasteiger partial charge in [-0.1, -0.05) is 28.8 Å². The lowest BCUT2D eigenvalue weighted by Crippen LogP contribution is -2.05. The molecular weight excluding hydrogens is 269 g/mol. The molecule has 0 aliphatic carbocycles. The number of para-hydroxylation sites is 1. The van der Waals surface area contributed by atoms with Crippen LogP contribution in [0.15, 0.2) is 48.5 Å². The van der Waals surface area contributed by atoms with Crippen LogP contribution in [0.3, 0.4) is 0 Å². The number of rotatable bonds is 2. The zero-order valence-electron chi connectivity index (χ0n) is 11.3. The zero-order chi connectivity index (χ0) is 14.3. The van der Waals surface area contributed by atoms with Crippen molar-refractivity contribution in [2.24, 2.45) is 0 Å². The molecule has 1 unspecified atom stereocenters. The van der Waals surface area contributed by atoms with Gasteiger partial charge in [0.25, 0.3) is 0 Å². The Labute approximate surface area is 118 Å². The molecule has 3 rings (SSSR count). The van der Waals surface area contributed by atoms with Crippen LogP contribution in [0.2, 0.25) is 0 Å². The van der Waals surface area contributed by atoms with Crippen molar-refractivity contribution in [3.8, 4) is 5.69 Å². The Kier molecular flexibility index (Phi) is 3.17. The fourth-order valence-corrected chi connectivity index (χ4v) is 3.36. The second kappa shape index (κ2) is 4.86. The fraction of sp³-hybridized carbons (Fsp3) is 0.125. The predicted molar refractivity (Wildman–Crippen MR) is 80.0 cm³/mol. The minimum Gasteiger partial charge on any atom is -0.591 e. The Morgan fingerprint density at radius 3 is 2.35 bits per heavy atom. The molecule has 0 aliphatic rings. The van der Waals surface area contributed by atoms with Crippen LogP contribution in [-0.4, -0.2) is 4.57 Å². The first-order chi connectivity index (χ1) is 9.61. The Balaban J connectivity index is 2.44. The van der Waals surface area contributed by atoms with E-state index < -0.39 is 8.03 Å². The maximum atomic E-state index is 11.5. The summed E-state index contributed by atoms with van der Waals surface area (Å²) in [5.41, 5.74) is 4.05. The van der Waals surface area contributed by atoms with E-state index in [1.165, 1.54) is 0 Å². The van der Waals surface area contributed by atoms with Crippen LogP contribution in [0.25, 0.3) is 16.6 Å². The molecule has 2 aromatic carbocycles. The first-order valence-corrected chi connectivity index (χ1v) is 7.59. The van der Waals surface area contributed by atoms with E-state index in [0.29, 0.717) is 5.30 Å². The molecule has 4 heteroatoms. The predicted octanol–water partition coefficient (Wildman–Crippen LogP) is 2.98. The van der Waals surface area contributed by atoms with Crippen molar-refractivity contribution in [3.05, 3.63) is 59.8 Å². The molecule has 1 atom stereocenters. The second-order valence-electron chi connectivity index (χ2n) is 4.81. The third-order valence-corrected chi connectivity index (χ3v) is 4.49. The highest BCUT2D eigenvalue weighted by molar-refractivity contribution is 7.46. The van der Waals surface area contributed by atoms with Crippen LogP contribution >= 0.6 is 8.03 Å². The van der Waals surface area contributed by atoms with Crippen molar-refractivity contribution in [2.45, 2.75) is 13.8 Å². The number of aromatic nitrogens is 1. The second-order valence-corrected chi connectivity index (χ2v) is 5.81. The van der Waals surface area contributed by atoms with Crippen LogP contribution in [0.1, 0.15) is 11.3 Å². The van der Waals surface area contributed by atoms with Gasteiger partial charge in [0.05, 0.1) is 10.9 Å². The number of hydrogen-bond acceptors (Lipinski definition) is 2. The van der Waals surface area contributed by atoms with Gasteiger partial charge in [-0.3, -0.25) is 0 Å². The third kappa shape index (κ3) is 1.87. The highest BCUT2D eigenvalue weighted by atomic mass is 31.1. The van der Waals surface area contributed by atoms with E-state index in [4.69, 9.17) is 0 Å². The molecule has 1 aromatic heterocycles. The van der Waals surface area contributed by atoms with Crippen molar-refractivity contribution in [1.82, 2.24) is 4.57 Å². The quantitative estimate of drug-likeness (QED) is 0.679. The van der Waals surface area contributed by atoms with E-state index in [9.17, 15) is 9.46 Å². The molecule has 20 heavy (non-hydrogen) atoms. The summed E-state index contributed by atoms with van der Waals surface area (Å²) in [5, 5.41) is 1.22. The summed E-state index contributed by atoms with van der Waals surface area (Å²) >= 11 is 0. The van der Waals surface area contributed by atoms with E-state index in [0.717, 1.165) is 27.8 Å². The summed E-state index contributed by atoms with van der Waals surface area (Å²) in [6.07, 6.45) is 0. The minimum atomic E-state index is -2.59. The highest BCUT2D eigenvalue weighted by Crippen LogP contribution is 2.30. The summed E-state index contributed by atoms with van der Waals surface area (Å²) < 4.78 is 13.6. The van der Waals surface area contributed by atoms with Gasteiger partial charge in [0.15, 0.2) is 5.30 Å². The summed E-state index contributed by atoms with van der Waals surface area (Å²) in [6.45, 7) is 3.99. The smallest absolute Gasteiger partial charge is 0.349 e. The molecule has 0 aliphatic heterocycles. The third-order valence-electron chi connectivity index (χ3n) is 3.73. The van der Waals surface area contributed by atoms with Gasteiger partial charge in [0.1, 0.15) is 0 Å². The van der Waals surface area contributed by atoms with E-state index in [1.54, 1.807) is 12.1 Å². The highest BCUT2D eigenvalue weighted by Gasteiger charge is 2.20. The van der Waals surface area contributed by atoms with Crippen molar-refractivity contribution in [2.75, 3.05) is 0 Å². The standard InChI is InChI=1S/C16H14NO2P/c1-11-12(2)17(13-7-4-3-5-8-13)14-9-6-10-15(16(11)14)20(18)19/h3-10H,1-2H3. The average molecular weight is 283 g/mol. The first-order valence-electron chi connectivity index (χ1n) is 6.41. The normalized spacial score (nSPS) is 11.8. The van der Waals surface area contributed by atoms with Crippen molar-refractivity contribution in [3.63, 3.8) is 0 Å². The van der Waals surface area contributed by atoms with Gasteiger partial charge < -0.3 is 9.46 Å². The van der Waals surface area contributed by atoms with Crippen LogP contribution in [-0.2, 0) is 4.57 Å². The lowest BCUT2D eigenvalue weighted by molar-refractivity contribution is -0.160. The molecule has 0 saturated heterocycles. The number of hydrogen-bond donors (Lipinski definition) is 0. The van der Waals surface area contributed by atoms with Crippen LogP contribution in [0.5, 0.6) is 0 Å². The molecule has 0 saturated carbocycles. The fourth-order valence-electron chi connectivity index (χ4n) is 2.69. The Hall–Kier alpha value is -1.96. The molecule has 1 heterocycles. The van der Waals surface area contributed by atoms with Crippen molar-refractivity contribution >= 4 is 24.2 Å². The van der Waals surface area contributed by atoms with Gasteiger partial charge in [-0.2, -0.15) is 0 Å². The van der Waals surface area contributed by atoms with Gasteiger partial charge in [-0.15, -0.1) is 0 Å². The van der Waals surface area contributed by atoms with Gasteiger partial charge in [0.2, 0.25) is 0 Å². The monoisotopic (exact) mass is 283 g/mol. The molecule has 0 radical (unpaired) electrons. The zero-order valence-corrected chi connectivity index (χ0v) is 12.2. The van der Waals surface area contributed by atoms with Crippen molar-refractivity contribution in [1.29, 1.82) is 0 Å². The lowest BCUT2D eigenvalue weighted by Gasteiger charge is -2.08. The number of fused-ring (bicyclic) bond motifs is 1. The van der Waals surface area contributed by atoms with Gasteiger partial charge in [-0.05, 0) is 43.7 Å². The van der Waals surface area contributed by atoms with Crippen LogP contribution in [0.4, 0.5) is 0 Å². The average Bonchev–Trinajstić information content (AvgIpc) is 2.72. The SMILES string of the molecule is Cc1c(C)n(-c2ccccc2)c2cccc([P+](=O)[O-])c12. The maximum absolute atomic E-state index is 11.5. The topological polar surface area (TPSA) is 45.1 Å². The van der Waals surface area contributed by atoms with E-state index in [1.807, 2.05) is 50.2 Å². The molecule has 0 amide bonds. The van der Waals surface area contributed by atoms with Gasteiger partial charge in [0, 0.05) is 11.4 Å². The molecule has 100 valence electrons. The summed E-state index contributed by atoms with van der Waals surface area (Å²) in [4.78, 5) is 11.5. The number of nitrogens with zero attached hydrogens (tertiary/aromatic N) is 1. The lowest BCUT2D eigenvalue weighted by atomic mass is 10.1. The van der Waals surface area contributed by atoms with E-state index in [-0.39, 0.29) is 0 Å². The van der Waals surface area contributed by atoms with Crippen LogP contribution < -0.4 is 10.2 Å². The maximum Gasteiger partial charge on any atom is 0.349 e. The van der Waals surface area contributed by atoms with E-state index >= 15 is 0 Å². The molecular formula is C16H14NO2P. The van der Waals surface area contributed by atoms with Crippen molar-refractivity contribution < 1.29 is 9.46 Å². The Morgan fingerprint density at radius 1 is 1.00 bits per heavy atom. The van der Waals surface area contributed by atoms with Gasteiger partial charge in [-0.25, -0.2) is 0 Å². The molecule has 0 bridgehead atoms. The number of aryl methyl sites for hydroxylation is 1. The van der Waals surface area contributed by atoms with E-state index in [2.05, 4.69) is 4.57 Å². The molecule has 0 fully saturated rings. The number of benzene rings is 2. The minimum absolute atomic E-state index is 0.396. The summed E-state index contributed by atoms with van der Waals surface area (Å²) in [7, 11) is -2.59. The van der Waals surface area contributed by atoms with Crippen LogP contribution in [0, 0.1) is 13.8 Å². The Bertz CT molecular complexity index is 806. The summed E-state index contributed by atoms with van der Waals surface area (Å²) in [6, 6.07) is 15.4. The molecule has 3 nitrogen and oxygen atoms in total. The Morgan fingerprint density at radius 2 is 1.70 bits per heavy atom. The molecule has 0 N–H and O–H groups in total. The van der Waals surface area contributed by atoms with Gasteiger partial charge >= 0.3 is 8.03 Å². The molecule has 3 aromatic rings. The molecule has 0 spiro atoms. The largest absolute Gasteiger partial charge is 0.591 e. The first kappa shape index (κ1) is 13.0. The summed E-state index contributed by atoms with van der Waals surface area (Å²) in [5.74, 6) is 0.